The lowest BCUT2D eigenvalue weighted by atomic mass is 9.69. The maximum Gasteiger partial charge on any atom is 0.116 e. The minimum atomic E-state index is -0.426. The fraction of sp³-hybridized carbons (Fsp3) is 0.455. The molecule has 2 nitrogen and oxygen atoms in total. The summed E-state index contributed by atoms with van der Waals surface area (Å²) in [6.45, 7) is 4.41. The molecule has 134 valence electrons. The first-order valence-corrected chi connectivity index (χ1v) is 10.3. The average Bonchev–Trinajstić information content (AvgIpc) is 2.76. The van der Waals surface area contributed by atoms with Crippen LogP contribution in [0, 0.1) is 5.41 Å². The van der Waals surface area contributed by atoms with Crippen LogP contribution in [-0.4, -0.2) is 22.1 Å². The third-order valence-corrected chi connectivity index (χ3v) is 7.07. The number of fused-ring (bicyclic) bond motifs is 1. The number of hydrogen-bond acceptors (Lipinski definition) is 3. The first-order chi connectivity index (χ1) is 12.1. The summed E-state index contributed by atoms with van der Waals surface area (Å²) in [7, 11) is 0. The first-order valence-electron chi connectivity index (χ1n) is 9.30. The second-order valence-corrected chi connectivity index (χ2v) is 8.18. The molecule has 3 atom stereocenters. The third kappa shape index (κ3) is 3.58. The Morgan fingerprint density at radius 1 is 1.12 bits per heavy atom. The Balaban J connectivity index is 2.12. The number of aliphatic hydroxyl groups excluding tert-OH is 1. The molecule has 0 aromatic heterocycles. The molecule has 3 unspecified atom stereocenters. The van der Waals surface area contributed by atoms with Crippen molar-refractivity contribution in [2.75, 3.05) is 5.75 Å². The van der Waals surface area contributed by atoms with E-state index in [0.29, 0.717) is 5.75 Å². The van der Waals surface area contributed by atoms with Crippen molar-refractivity contribution in [2.45, 2.75) is 56.4 Å². The van der Waals surface area contributed by atoms with Gasteiger partial charge in [-0.1, -0.05) is 63.1 Å². The van der Waals surface area contributed by atoms with E-state index in [2.05, 4.69) is 26.0 Å². The van der Waals surface area contributed by atoms with Crippen molar-refractivity contribution in [3.05, 3.63) is 59.7 Å². The van der Waals surface area contributed by atoms with Crippen molar-refractivity contribution < 1.29 is 10.2 Å². The fourth-order valence-electron chi connectivity index (χ4n) is 3.99. The molecule has 0 saturated carbocycles. The molecule has 1 aliphatic rings. The molecule has 3 heteroatoms. The van der Waals surface area contributed by atoms with Crippen LogP contribution in [-0.2, 0) is 0 Å². The third-order valence-electron chi connectivity index (χ3n) is 5.68. The summed E-state index contributed by atoms with van der Waals surface area (Å²) >= 11 is 1.79. The van der Waals surface area contributed by atoms with Gasteiger partial charge in [0.15, 0.2) is 0 Å². The predicted octanol–water partition coefficient (Wildman–Crippen LogP) is 5.58. The van der Waals surface area contributed by atoms with E-state index in [9.17, 15) is 10.2 Å². The van der Waals surface area contributed by atoms with Gasteiger partial charge in [0.1, 0.15) is 5.75 Å². The second-order valence-electron chi connectivity index (χ2n) is 7.16. The number of aliphatic hydroxyl groups is 1. The molecule has 0 fully saturated rings. The Morgan fingerprint density at radius 3 is 2.56 bits per heavy atom. The molecule has 1 heterocycles. The van der Waals surface area contributed by atoms with Gasteiger partial charge >= 0.3 is 0 Å². The standard InChI is InChI=1S/C22H28O2S/c1-3-5-13-22(4-2)15-25-19-14-17(23)11-12-18(19)20(21(22)24)16-9-7-6-8-10-16/h6-12,14,20-21,23-24H,3-5,13,15H2,1-2H3. The van der Waals surface area contributed by atoms with E-state index in [1.165, 1.54) is 0 Å². The van der Waals surface area contributed by atoms with Gasteiger partial charge in [-0.15, -0.1) is 11.8 Å². The highest BCUT2D eigenvalue weighted by Crippen LogP contribution is 2.51. The monoisotopic (exact) mass is 356 g/mol. The molecule has 2 aromatic rings. The molecule has 0 spiro atoms. The second kappa shape index (κ2) is 7.84. The molecule has 0 saturated heterocycles. The Morgan fingerprint density at radius 2 is 1.88 bits per heavy atom. The Kier molecular flexibility index (Phi) is 5.75. The number of phenols is 1. The van der Waals surface area contributed by atoms with Crippen molar-refractivity contribution in [2.24, 2.45) is 5.41 Å². The van der Waals surface area contributed by atoms with Gasteiger partial charge in [-0.25, -0.2) is 0 Å². The van der Waals surface area contributed by atoms with Crippen molar-refractivity contribution >= 4 is 11.8 Å². The maximum atomic E-state index is 11.6. The van der Waals surface area contributed by atoms with Gasteiger partial charge in [0.05, 0.1) is 6.10 Å². The molecule has 0 bridgehead atoms. The largest absolute Gasteiger partial charge is 0.508 e. The van der Waals surface area contributed by atoms with E-state index in [1.807, 2.05) is 30.3 Å². The summed E-state index contributed by atoms with van der Waals surface area (Å²) in [5, 5.41) is 21.5. The molecule has 2 aromatic carbocycles. The molecule has 1 aliphatic heterocycles. The number of phenolic OH excluding ortho intramolecular Hbond substituents is 1. The van der Waals surface area contributed by atoms with Gasteiger partial charge < -0.3 is 10.2 Å². The predicted molar refractivity (Wildman–Crippen MR) is 105 cm³/mol. The summed E-state index contributed by atoms with van der Waals surface area (Å²) < 4.78 is 0. The number of unbranched alkanes of at least 4 members (excludes halogenated alkanes) is 1. The van der Waals surface area contributed by atoms with Gasteiger partial charge in [0, 0.05) is 22.0 Å². The lowest BCUT2D eigenvalue weighted by Gasteiger charge is -2.39. The summed E-state index contributed by atoms with van der Waals surface area (Å²) in [6.07, 6.45) is 3.85. The molecule has 0 aliphatic carbocycles. The van der Waals surface area contributed by atoms with E-state index < -0.39 is 6.10 Å². The first kappa shape index (κ1) is 18.3. The lowest BCUT2D eigenvalue weighted by Crippen LogP contribution is -2.40. The fourth-order valence-corrected chi connectivity index (χ4v) is 5.52. The van der Waals surface area contributed by atoms with E-state index in [-0.39, 0.29) is 11.3 Å². The van der Waals surface area contributed by atoms with Gasteiger partial charge in [0.25, 0.3) is 0 Å². The molecular weight excluding hydrogens is 328 g/mol. The van der Waals surface area contributed by atoms with E-state index in [1.54, 1.807) is 17.8 Å². The zero-order chi connectivity index (χ0) is 17.9. The molecule has 0 amide bonds. The summed E-state index contributed by atoms with van der Waals surface area (Å²) in [5.74, 6) is 1.14. The number of thioether (sulfide) groups is 1. The number of hydrogen-bond donors (Lipinski definition) is 2. The van der Waals surface area contributed by atoms with Crippen LogP contribution in [0.5, 0.6) is 5.75 Å². The van der Waals surface area contributed by atoms with E-state index in [4.69, 9.17) is 0 Å². The summed E-state index contributed by atoms with van der Waals surface area (Å²) in [6, 6.07) is 15.9. The Labute approximate surface area is 155 Å². The highest BCUT2D eigenvalue weighted by molar-refractivity contribution is 7.99. The molecule has 0 radical (unpaired) electrons. The smallest absolute Gasteiger partial charge is 0.116 e. The van der Waals surface area contributed by atoms with Crippen molar-refractivity contribution in [1.29, 1.82) is 0 Å². The number of aromatic hydroxyl groups is 1. The van der Waals surface area contributed by atoms with Crippen LogP contribution in [0.1, 0.15) is 56.6 Å². The maximum absolute atomic E-state index is 11.6. The van der Waals surface area contributed by atoms with Crippen molar-refractivity contribution in [3.63, 3.8) is 0 Å². The minimum Gasteiger partial charge on any atom is -0.508 e. The summed E-state index contributed by atoms with van der Waals surface area (Å²) in [5.41, 5.74) is 2.18. The van der Waals surface area contributed by atoms with Crippen LogP contribution in [0.3, 0.4) is 0 Å². The zero-order valence-electron chi connectivity index (χ0n) is 15.1. The van der Waals surface area contributed by atoms with Gasteiger partial charge in [-0.05, 0) is 36.1 Å². The van der Waals surface area contributed by atoms with Crippen LogP contribution < -0.4 is 0 Å². The highest BCUT2D eigenvalue weighted by atomic mass is 32.2. The molecule has 25 heavy (non-hydrogen) atoms. The normalized spacial score (nSPS) is 26.0. The topological polar surface area (TPSA) is 40.5 Å². The quantitative estimate of drug-likeness (QED) is 0.735. The van der Waals surface area contributed by atoms with Crippen LogP contribution >= 0.6 is 11.8 Å². The minimum absolute atomic E-state index is 0.0522. The molecule has 2 N–H and O–H groups in total. The van der Waals surface area contributed by atoms with Gasteiger partial charge in [0.2, 0.25) is 0 Å². The Bertz CT molecular complexity index is 700. The SMILES string of the molecule is CCCCC1(CC)CSc2cc(O)ccc2C(c2ccccc2)C1O. The lowest BCUT2D eigenvalue weighted by molar-refractivity contribution is 0.0182. The zero-order valence-corrected chi connectivity index (χ0v) is 15.9. The van der Waals surface area contributed by atoms with Crippen LogP contribution in [0.4, 0.5) is 0 Å². The Hall–Kier alpha value is -1.45. The van der Waals surface area contributed by atoms with Crippen LogP contribution in [0.25, 0.3) is 0 Å². The van der Waals surface area contributed by atoms with Gasteiger partial charge in [-0.2, -0.15) is 0 Å². The molecule has 3 rings (SSSR count). The number of rotatable bonds is 5. The molecular formula is C22H28O2S. The average molecular weight is 357 g/mol. The van der Waals surface area contributed by atoms with E-state index >= 15 is 0 Å². The number of benzene rings is 2. The van der Waals surface area contributed by atoms with Crippen molar-refractivity contribution in [1.82, 2.24) is 0 Å². The van der Waals surface area contributed by atoms with Crippen LogP contribution in [0.2, 0.25) is 0 Å². The van der Waals surface area contributed by atoms with E-state index in [0.717, 1.165) is 47.5 Å². The van der Waals surface area contributed by atoms with Gasteiger partial charge in [-0.3, -0.25) is 0 Å². The highest BCUT2D eigenvalue weighted by Gasteiger charge is 2.44. The van der Waals surface area contributed by atoms with Crippen molar-refractivity contribution in [3.8, 4) is 5.75 Å². The summed E-state index contributed by atoms with van der Waals surface area (Å²) in [4.78, 5) is 1.10. The van der Waals surface area contributed by atoms with Crippen LogP contribution in [0.15, 0.2) is 53.4 Å².